The number of sulfonamides is 1. The molecule has 2 heterocycles. The Bertz CT molecular complexity index is 1100. The van der Waals surface area contributed by atoms with Crippen molar-refractivity contribution in [2.75, 3.05) is 7.11 Å². The molecule has 0 fully saturated rings. The van der Waals surface area contributed by atoms with Crippen LogP contribution in [0, 0.1) is 0 Å². The molecule has 0 saturated heterocycles. The van der Waals surface area contributed by atoms with Gasteiger partial charge in [-0.1, -0.05) is 17.3 Å². The monoisotopic (exact) mass is 500 g/mol. The maximum absolute atomic E-state index is 12.3. The molecule has 9 nitrogen and oxygen atoms in total. The standard InChI is InChI=1S/C17H17BrN4O5S2/c1-27-17(24)14(8-11-2-4-13(23)5-3-11)22-10-12(20-21-22)9-19-29(25,26)16-7-6-15(18)28-16/h2-7,10,14,19,23H,8-9H2,1H3/t14-/m0/s1. The number of carbonyl (C=O) groups is 1. The number of aromatic hydroxyl groups is 1. The average Bonchev–Trinajstić information content (AvgIpc) is 3.35. The van der Waals surface area contributed by atoms with Crippen LogP contribution in [0.15, 0.2) is 50.6 Å². The van der Waals surface area contributed by atoms with Crippen LogP contribution in [-0.4, -0.2) is 41.6 Å². The minimum atomic E-state index is -3.68. The Balaban J connectivity index is 1.73. The van der Waals surface area contributed by atoms with Crippen molar-refractivity contribution in [1.29, 1.82) is 0 Å². The molecule has 0 radical (unpaired) electrons. The van der Waals surface area contributed by atoms with Gasteiger partial charge in [0.2, 0.25) is 10.0 Å². The average molecular weight is 501 g/mol. The molecule has 154 valence electrons. The Morgan fingerprint density at radius 2 is 2.03 bits per heavy atom. The van der Waals surface area contributed by atoms with Gasteiger partial charge >= 0.3 is 5.97 Å². The second-order valence-electron chi connectivity index (χ2n) is 5.98. The number of benzene rings is 1. The molecule has 0 amide bonds. The minimum absolute atomic E-state index is 0.0784. The number of phenolic OH excluding ortho intramolecular Hbond substituents is 1. The molecule has 3 aromatic rings. The minimum Gasteiger partial charge on any atom is -0.508 e. The quantitative estimate of drug-likeness (QED) is 0.454. The third-order valence-electron chi connectivity index (χ3n) is 3.97. The van der Waals surface area contributed by atoms with Crippen LogP contribution in [0.5, 0.6) is 5.75 Å². The summed E-state index contributed by atoms with van der Waals surface area (Å²) in [6.07, 6.45) is 1.76. The van der Waals surface area contributed by atoms with Crippen molar-refractivity contribution in [2.24, 2.45) is 0 Å². The van der Waals surface area contributed by atoms with Crippen LogP contribution in [0.4, 0.5) is 0 Å². The molecule has 0 spiro atoms. The van der Waals surface area contributed by atoms with Gasteiger partial charge in [-0.2, -0.15) is 0 Å². The lowest BCUT2D eigenvalue weighted by molar-refractivity contribution is -0.144. The predicted octanol–water partition coefficient (Wildman–Crippen LogP) is 2.24. The summed E-state index contributed by atoms with van der Waals surface area (Å²) in [6, 6.07) is 8.80. The number of rotatable bonds is 8. The first-order valence-corrected chi connectivity index (χ1v) is 11.4. The maximum atomic E-state index is 12.3. The van der Waals surface area contributed by atoms with Gasteiger partial charge < -0.3 is 9.84 Å². The highest BCUT2D eigenvalue weighted by Crippen LogP contribution is 2.26. The number of hydrogen-bond donors (Lipinski definition) is 2. The number of esters is 1. The summed E-state index contributed by atoms with van der Waals surface area (Å²) in [5, 5.41) is 17.3. The van der Waals surface area contributed by atoms with Crippen molar-refractivity contribution in [3.8, 4) is 5.75 Å². The zero-order valence-electron chi connectivity index (χ0n) is 15.1. The van der Waals surface area contributed by atoms with E-state index in [9.17, 15) is 18.3 Å². The highest BCUT2D eigenvalue weighted by Gasteiger charge is 2.24. The number of hydrogen-bond acceptors (Lipinski definition) is 8. The largest absolute Gasteiger partial charge is 0.508 e. The lowest BCUT2D eigenvalue weighted by Gasteiger charge is -2.14. The number of methoxy groups -OCH3 is 1. The molecule has 12 heteroatoms. The number of phenols is 1. The van der Waals surface area contributed by atoms with Crippen molar-refractivity contribution in [3.63, 3.8) is 0 Å². The van der Waals surface area contributed by atoms with Crippen molar-refractivity contribution in [3.05, 3.63) is 57.6 Å². The predicted molar refractivity (Wildman–Crippen MR) is 109 cm³/mol. The SMILES string of the molecule is COC(=O)[C@H](Cc1ccc(O)cc1)n1cc(CNS(=O)(=O)c2ccc(Br)s2)nn1. The molecule has 0 bridgehead atoms. The van der Waals surface area contributed by atoms with E-state index in [1.165, 1.54) is 36.2 Å². The van der Waals surface area contributed by atoms with E-state index in [1.807, 2.05) is 0 Å². The van der Waals surface area contributed by atoms with Crippen LogP contribution in [0.1, 0.15) is 17.3 Å². The molecule has 0 unspecified atom stereocenters. The fourth-order valence-electron chi connectivity index (χ4n) is 2.51. The van der Waals surface area contributed by atoms with Gasteiger partial charge in [-0.15, -0.1) is 16.4 Å². The molecule has 2 aromatic heterocycles. The Labute approximate surface area is 179 Å². The summed E-state index contributed by atoms with van der Waals surface area (Å²) >= 11 is 4.33. The first-order chi connectivity index (χ1) is 13.8. The van der Waals surface area contributed by atoms with Gasteiger partial charge in [-0.3, -0.25) is 0 Å². The van der Waals surface area contributed by atoms with E-state index in [1.54, 1.807) is 18.2 Å². The Kier molecular flexibility index (Phi) is 6.67. The van der Waals surface area contributed by atoms with Gasteiger partial charge in [0.05, 0.1) is 29.3 Å². The highest BCUT2D eigenvalue weighted by molar-refractivity contribution is 9.11. The van der Waals surface area contributed by atoms with E-state index in [0.717, 1.165) is 16.9 Å². The van der Waals surface area contributed by atoms with Crippen LogP contribution < -0.4 is 4.72 Å². The molecular formula is C17H17BrN4O5S2. The van der Waals surface area contributed by atoms with Gasteiger partial charge in [-0.25, -0.2) is 22.6 Å². The molecule has 0 aliphatic carbocycles. The lowest BCUT2D eigenvalue weighted by atomic mass is 10.1. The van der Waals surface area contributed by atoms with Crippen molar-refractivity contribution >= 4 is 43.3 Å². The van der Waals surface area contributed by atoms with Gasteiger partial charge in [0.15, 0.2) is 6.04 Å². The van der Waals surface area contributed by atoms with E-state index < -0.39 is 22.0 Å². The van der Waals surface area contributed by atoms with Gasteiger partial charge in [-0.05, 0) is 45.8 Å². The molecule has 29 heavy (non-hydrogen) atoms. The zero-order chi connectivity index (χ0) is 21.0. The topological polar surface area (TPSA) is 123 Å². The van der Waals surface area contributed by atoms with E-state index in [0.29, 0.717) is 9.48 Å². The summed E-state index contributed by atoms with van der Waals surface area (Å²) in [7, 11) is -2.40. The molecular weight excluding hydrogens is 484 g/mol. The third kappa shape index (κ3) is 5.41. The van der Waals surface area contributed by atoms with Gasteiger partial charge in [0, 0.05) is 6.42 Å². The molecule has 3 rings (SSSR count). The number of nitrogens with one attached hydrogen (secondary N) is 1. The van der Waals surface area contributed by atoms with Gasteiger partial charge in [0.25, 0.3) is 0 Å². The molecule has 2 N–H and O–H groups in total. The lowest BCUT2D eigenvalue weighted by Crippen LogP contribution is -2.24. The van der Waals surface area contributed by atoms with Crippen LogP contribution in [0.2, 0.25) is 0 Å². The first kappa shape index (κ1) is 21.4. The van der Waals surface area contributed by atoms with E-state index in [2.05, 4.69) is 31.0 Å². The maximum Gasteiger partial charge on any atom is 0.331 e. The fraction of sp³-hybridized carbons (Fsp3) is 0.235. The number of nitrogens with zero attached hydrogens (tertiary/aromatic N) is 3. The van der Waals surface area contributed by atoms with Crippen LogP contribution >= 0.6 is 27.3 Å². The number of carbonyl (C=O) groups excluding carboxylic acids is 1. The Morgan fingerprint density at radius 3 is 2.66 bits per heavy atom. The first-order valence-electron chi connectivity index (χ1n) is 8.30. The molecule has 0 aliphatic rings. The van der Waals surface area contributed by atoms with E-state index in [-0.39, 0.29) is 22.9 Å². The third-order valence-corrected chi connectivity index (χ3v) is 7.49. The van der Waals surface area contributed by atoms with Crippen molar-refractivity contribution in [1.82, 2.24) is 19.7 Å². The van der Waals surface area contributed by atoms with Crippen LogP contribution in [0.3, 0.4) is 0 Å². The van der Waals surface area contributed by atoms with E-state index in [4.69, 9.17) is 4.74 Å². The highest BCUT2D eigenvalue weighted by atomic mass is 79.9. The molecule has 1 aromatic carbocycles. The smallest absolute Gasteiger partial charge is 0.331 e. The van der Waals surface area contributed by atoms with Crippen molar-refractivity contribution in [2.45, 2.75) is 23.2 Å². The number of thiophene rings is 1. The summed E-state index contributed by atoms with van der Waals surface area (Å²) < 4.78 is 34.2. The molecule has 0 saturated carbocycles. The summed E-state index contributed by atoms with van der Waals surface area (Å²) in [6.45, 7) is -0.0784. The summed E-state index contributed by atoms with van der Waals surface area (Å²) in [5.74, 6) is -0.394. The molecule has 1 atom stereocenters. The second-order valence-corrected chi connectivity index (χ2v) is 10.4. The number of aromatic nitrogens is 3. The van der Waals surface area contributed by atoms with E-state index >= 15 is 0 Å². The van der Waals surface area contributed by atoms with Crippen LogP contribution in [-0.2, 0) is 32.5 Å². The number of ether oxygens (including phenoxy) is 1. The second kappa shape index (κ2) is 9.03. The van der Waals surface area contributed by atoms with Gasteiger partial charge in [0.1, 0.15) is 9.96 Å². The molecule has 0 aliphatic heterocycles. The summed E-state index contributed by atoms with van der Waals surface area (Å²) in [4.78, 5) is 12.2. The zero-order valence-corrected chi connectivity index (χ0v) is 18.4. The summed E-state index contributed by atoms with van der Waals surface area (Å²) in [5.41, 5.74) is 1.14. The fourth-order valence-corrected chi connectivity index (χ4v) is 5.56. The normalized spacial score (nSPS) is 12.6. The van der Waals surface area contributed by atoms with Crippen LogP contribution in [0.25, 0.3) is 0 Å². The Hall–Kier alpha value is -2.28. The number of halogens is 1. The van der Waals surface area contributed by atoms with Crippen molar-refractivity contribution < 1.29 is 23.1 Å². The Morgan fingerprint density at radius 1 is 1.31 bits per heavy atom.